The number of piperidine rings is 1. The Labute approximate surface area is 142 Å². The van der Waals surface area contributed by atoms with Crippen LogP contribution in [0.15, 0.2) is 24.3 Å². The Bertz CT molecular complexity index is 596. The van der Waals surface area contributed by atoms with E-state index in [-0.39, 0.29) is 35.6 Å². The van der Waals surface area contributed by atoms with Gasteiger partial charge in [-0.25, -0.2) is 4.39 Å². The van der Waals surface area contributed by atoms with Crippen molar-refractivity contribution in [2.75, 3.05) is 7.05 Å². The van der Waals surface area contributed by atoms with E-state index in [9.17, 15) is 14.0 Å². The first-order chi connectivity index (χ1) is 11.6. The topological polar surface area (TPSA) is 49.4 Å². The van der Waals surface area contributed by atoms with Gasteiger partial charge in [0.05, 0.1) is 12.0 Å². The number of halogens is 1. The number of carbonyl (C=O) groups is 2. The van der Waals surface area contributed by atoms with Crippen molar-refractivity contribution in [3.8, 4) is 0 Å². The Balaban J connectivity index is 1.79. The van der Waals surface area contributed by atoms with Gasteiger partial charge in [0.1, 0.15) is 5.82 Å². The number of amides is 2. The van der Waals surface area contributed by atoms with Gasteiger partial charge >= 0.3 is 0 Å². The average Bonchev–Trinajstić information content (AvgIpc) is 2.59. The summed E-state index contributed by atoms with van der Waals surface area (Å²) in [7, 11) is 1.73. The molecule has 1 heterocycles. The van der Waals surface area contributed by atoms with Crippen LogP contribution in [0.2, 0.25) is 0 Å². The molecular weight excluding hydrogens is 307 g/mol. The lowest BCUT2D eigenvalue weighted by atomic mass is 9.83. The van der Waals surface area contributed by atoms with Crippen LogP contribution >= 0.6 is 0 Å². The van der Waals surface area contributed by atoms with Crippen molar-refractivity contribution >= 4 is 11.8 Å². The first kappa shape index (κ1) is 16.9. The van der Waals surface area contributed by atoms with Crippen molar-refractivity contribution in [1.29, 1.82) is 0 Å². The molecule has 2 fully saturated rings. The molecule has 0 spiro atoms. The predicted molar refractivity (Wildman–Crippen MR) is 89.7 cm³/mol. The van der Waals surface area contributed by atoms with Crippen molar-refractivity contribution < 1.29 is 14.0 Å². The van der Waals surface area contributed by atoms with E-state index < -0.39 is 0 Å². The highest BCUT2D eigenvalue weighted by Crippen LogP contribution is 2.36. The second-order valence-electron chi connectivity index (χ2n) is 6.99. The van der Waals surface area contributed by atoms with Crippen LogP contribution in [0.25, 0.3) is 0 Å². The molecule has 1 aliphatic heterocycles. The van der Waals surface area contributed by atoms with Crippen LogP contribution in [0.4, 0.5) is 4.39 Å². The summed E-state index contributed by atoms with van der Waals surface area (Å²) >= 11 is 0. The van der Waals surface area contributed by atoms with Crippen LogP contribution < -0.4 is 5.32 Å². The molecule has 2 amide bonds. The Hall–Kier alpha value is -1.91. The fourth-order valence-corrected chi connectivity index (χ4v) is 3.98. The number of nitrogens with zero attached hydrogens (tertiary/aromatic N) is 1. The molecule has 1 saturated heterocycles. The molecule has 2 atom stereocenters. The van der Waals surface area contributed by atoms with E-state index in [1.54, 1.807) is 24.1 Å². The molecule has 0 bridgehead atoms. The number of hydrogen-bond donors (Lipinski definition) is 1. The van der Waals surface area contributed by atoms with E-state index in [1.807, 2.05) is 0 Å². The van der Waals surface area contributed by atoms with Crippen molar-refractivity contribution in [2.45, 2.75) is 57.0 Å². The Kier molecular flexibility index (Phi) is 5.17. The lowest BCUT2D eigenvalue weighted by Gasteiger charge is -2.39. The number of hydrogen-bond acceptors (Lipinski definition) is 2. The van der Waals surface area contributed by atoms with E-state index in [4.69, 9.17) is 0 Å². The van der Waals surface area contributed by atoms with Crippen LogP contribution in [0.5, 0.6) is 0 Å². The SMILES string of the molecule is CN1C(=O)CC[C@H](C(=O)NC2CCCCC2)[C@H]1c1ccc(F)cc1. The fraction of sp³-hybridized carbons (Fsp3) is 0.579. The molecule has 2 aliphatic rings. The highest BCUT2D eigenvalue weighted by atomic mass is 19.1. The van der Waals surface area contributed by atoms with Gasteiger partial charge in [0.25, 0.3) is 0 Å². The molecule has 1 aliphatic carbocycles. The van der Waals surface area contributed by atoms with Crippen molar-refractivity contribution in [2.24, 2.45) is 5.92 Å². The molecule has 1 saturated carbocycles. The van der Waals surface area contributed by atoms with E-state index in [2.05, 4.69) is 5.32 Å². The molecule has 0 aromatic heterocycles. The first-order valence-electron chi connectivity index (χ1n) is 8.88. The zero-order valence-electron chi connectivity index (χ0n) is 14.1. The summed E-state index contributed by atoms with van der Waals surface area (Å²) in [5, 5.41) is 3.18. The third kappa shape index (κ3) is 3.60. The van der Waals surface area contributed by atoms with Crippen LogP contribution in [-0.2, 0) is 9.59 Å². The summed E-state index contributed by atoms with van der Waals surface area (Å²) in [6.45, 7) is 0. The van der Waals surface area contributed by atoms with E-state index in [0.717, 1.165) is 31.2 Å². The van der Waals surface area contributed by atoms with Gasteiger partial charge in [0.15, 0.2) is 0 Å². The minimum atomic E-state index is -0.324. The molecule has 1 aromatic carbocycles. The maximum absolute atomic E-state index is 13.2. The first-order valence-corrected chi connectivity index (χ1v) is 8.88. The second kappa shape index (κ2) is 7.32. The standard InChI is InChI=1S/C19H25FN2O2/c1-22-17(23)12-11-16(18(22)13-7-9-14(20)10-8-13)19(24)21-15-5-3-2-4-6-15/h7-10,15-16,18H,2-6,11-12H2,1H3,(H,21,24)/t16-,18+/m0/s1. The summed E-state index contributed by atoms with van der Waals surface area (Å²) < 4.78 is 13.2. The van der Waals surface area contributed by atoms with Gasteiger partial charge < -0.3 is 10.2 Å². The van der Waals surface area contributed by atoms with Gasteiger partial charge in [-0.3, -0.25) is 9.59 Å². The minimum absolute atomic E-state index is 0.0237. The van der Waals surface area contributed by atoms with Crippen LogP contribution in [0.1, 0.15) is 56.6 Å². The molecule has 1 aromatic rings. The van der Waals surface area contributed by atoms with Crippen LogP contribution in [0, 0.1) is 11.7 Å². The number of benzene rings is 1. The molecule has 24 heavy (non-hydrogen) atoms. The lowest BCUT2D eigenvalue weighted by molar-refractivity contribution is -0.142. The summed E-state index contributed by atoms with van der Waals surface area (Å²) in [6.07, 6.45) is 6.57. The average molecular weight is 332 g/mol. The van der Waals surface area contributed by atoms with E-state index in [0.29, 0.717) is 12.8 Å². The van der Waals surface area contributed by atoms with Crippen LogP contribution in [-0.4, -0.2) is 29.8 Å². The zero-order valence-corrected chi connectivity index (χ0v) is 14.1. The molecule has 0 radical (unpaired) electrons. The number of rotatable bonds is 3. The number of likely N-dealkylation sites (tertiary alicyclic amines) is 1. The fourth-order valence-electron chi connectivity index (χ4n) is 3.98. The smallest absolute Gasteiger partial charge is 0.225 e. The van der Waals surface area contributed by atoms with Gasteiger partial charge in [0.2, 0.25) is 11.8 Å². The van der Waals surface area contributed by atoms with Crippen molar-refractivity contribution in [3.05, 3.63) is 35.6 Å². The predicted octanol–water partition coefficient (Wildman–Crippen LogP) is 3.18. The van der Waals surface area contributed by atoms with Crippen LogP contribution in [0.3, 0.4) is 0 Å². The quantitative estimate of drug-likeness (QED) is 0.924. The molecular formula is C19H25FN2O2. The summed E-state index contributed by atoms with van der Waals surface area (Å²) in [5.74, 6) is -0.534. The molecule has 3 rings (SSSR count). The maximum Gasteiger partial charge on any atom is 0.225 e. The summed E-state index contributed by atoms with van der Waals surface area (Å²) in [6, 6.07) is 6.06. The van der Waals surface area contributed by atoms with E-state index in [1.165, 1.54) is 18.6 Å². The Morgan fingerprint density at radius 3 is 2.46 bits per heavy atom. The van der Waals surface area contributed by atoms with Crippen molar-refractivity contribution in [1.82, 2.24) is 10.2 Å². The second-order valence-corrected chi connectivity index (χ2v) is 6.99. The van der Waals surface area contributed by atoms with Gasteiger partial charge in [-0.1, -0.05) is 31.4 Å². The largest absolute Gasteiger partial charge is 0.353 e. The van der Waals surface area contributed by atoms with Gasteiger partial charge in [-0.2, -0.15) is 0 Å². The number of nitrogens with one attached hydrogen (secondary N) is 1. The third-order valence-electron chi connectivity index (χ3n) is 5.36. The Morgan fingerprint density at radius 2 is 1.79 bits per heavy atom. The number of carbonyl (C=O) groups excluding carboxylic acids is 2. The van der Waals surface area contributed by atoms with Crippen molar-refractivity contribution in [3.63, 3.8) is 0 Å². The normalized spacial score (nSPS) is 25.6. The van der Waals surface area contributed by atoms with E-state index >= 15 is 0 Å². The third-order valence-corrected chi connectivity index (χ3v) is 5.36. The highest BCUT2D eigenvalue weighted by Gasteiger charge is 2.39. The van der Waals surface area contributed by atoms with Gasteiger partial charge in [-0.05, 0) is 37.0 Å². The molecule has 1 N–H and O–H groups in total. The summed E-state index contributed by atoms with van der Waals surface area (Å²) in [5.41, 5.74) is 0.816. The molecule has 5 heteroatoms. The monoisotopic (exact) mass is 332 g/mol. The van der Waals surface area contributed by atoms with Gasteiger partial charge in [0, 0.05) is 19.5 Å². The minimum Gasteiger partial charge on any atom is -0.353 e. The van der Waals surface area contributed by atoms with Gasteiger partial charge in [-0.15, -0.1) is 0 Å². The zero-order chi connectivity index (χ0) is 17.1. The molecule has 130 valence electrons. The lowest BCUT2D eigenvalue weighted by Crippen LogP contribution is -2.48. The maximum atomic E-state index is 13.2. The molecule has 4 nitrogen and oxygen atoms in total. The Morgan fingerprint density at radius 1 is 1.12 bits per heavy atom. The molecule has 0 unspecified atom stereocenters. The highest BCUT2D eigenvalue weighted by molar-refractivity contribution is 5.85. The summed E-state index contributed by atoms with van der Waals surface area (Å²) in [4.78, 5) is 26.6.